The lowest BCUT2D eigenvalue weighted by atomic mass is 10.3. The number of hydrogen-bond acceptors (Lipinski definition) is 3. The Morgan fingerprint density at radius 2 is 2.06 bits per heavy atom. The summed E-state index contributed by atoms with van der Waals surface area (Å²) in [6.45, 7) is 0. The SMILES string of the molecule is NS(=O)(=O)c1ccc(Br)c(Cl)c1NC1CC1. The fourth-order valence-electron chi connectivity index (χ4n) is 1.34. The Kier molecular flexibility index (Phi) is 3.18. The standard InChI is InChI=1S/C9H10BrClN2O2S/c10-6-3-4-7(16(12,14)15)9(8(6)11)13-5-1-2-5/h3-5,13H,1-2H2,(H2,12,14,15). The molecule has 0 radical (unpaired) electrons. The summed E-state index contributed by atoms with van der Waals surface area (Å²) in [6, 6.07) is 3.31. The number of hydrogen-bond donors (Lipinski definition) is 2. The molecule has 3 N–H and O–H groups in total. The third kappa shape index (κ3) is 2.51. The van der Waals surface area contributed by atoms with Crippen molar-refractivity contribution < 1.29 is 8.42 Å². The second kappa shape index (κ2) is 4.18. The Balaban J connectivity index is 2.54. The van der Waals surface area contributed by atoms with Gasteiger partial charge in [-0.05, 0) is 40.9 Å². The van der Waals surface area contributed by atoms with E-state index in [9.17, 15) is 8.42 Å². The van der Waals surface area contributed by atoms with E-state index in [0.717, 1.165) is 12.8 Å². The Bertz CT molecular complexity index is 529. The lowest BCUT2D eigenvalue weighted by molar-refractivity contribution is 0.598. The minimum atomic E-state index is -3.76. The molecule has 0 unspecified atom stereocenters. The zero-order chi connectivity index (χ0) is 11.9. The number of primary sulfonamides is 1. The van der Waals surface area contributed by atoms with Crippen molar-refractivity contribution in [1.29, 1.82) is 0 Å². The molecule has 1 fully saturated rings. The van der Waals surface area contributed by atoms with E-state index in [2.05, 4.69) is 21.2 Å². The van der Waals surface area contributed by atoms with Crippen molar-refractivity contribution in [2.24, 2.45) is 5.14 Å². The fourth-order valence-corrected chi connectivity index (χ4v) is 2.65. The molecule has 1 saturated carbocycles. The maximum absolute atomic E-state index is 11.4. The van der Waals surface area contributed by atoms with Gasteiger partial charge in [-0.3, -0.25) is 0 Å². The van der Waals surface area contributed by atoms with Crippen LogP contribution in [0, 0.1) is 0 Å². The monoisotopic (exact) mass is 324 g/mol. The zero-order valence-electron chi connectivity index (χ0n) is 8.20. The highest BCUT2D eigenvalue weighted by atomic mass is 79.9. The van der Waals surface area contributed by atoms with Crippen LogP contribution in [0.3, 0.4) is 0 Å². The average molecular weight is 326 g/mol. The molecule has 0 spiro atoms. The molecule has 0 saturated heterocycles. The molecule has 1 aliphatic rings. The van der Waals surface area contributed by atoms with Gasteiger partial charge in [0.25, 0.3) is 0 Å². The normalized spacial score (nSPS) is 16.2. The number of rotatable bonds is 3. The van der Waals surface area contributed by atoms with Gasteiger partial charge in [0.15, 0.2) is 0 Å². The van der Waals surface area contributed by atoms with E-state index in [1.807, 2.05) is 0 Å². The molecule has 0 heterocycles. The Hall–Kier alpha value is -0.300. The van der Waals surface area contributed by atoms with Crippen LogP contribution in [0.4, 0.5) is 5.69 Å². The summed E-state index contributed by atoms with van der Waals surface area (Å²) in [6.07, 6.45) is 2.04. The highest BCUT2D eigenvalue weighted by Gasteiger charge is 2.26. The molecule has 1 aromatic rings. The van der Waals surface area contributed by atoms with Crippen LogP contribution in [-0.2, 0) is 10.0 Å². The number of benzene rings is 1. The summed E-state index contributed by atoms with van der Waals surface area (Å²) >= 11 is 9.30. The quantitative estimate of drug-likeness (QED) is 0.896. The lowest BCUT2D eigenvalue weighted by Crippen LogP contribution is -2.16. The summed E-state index contributed by atoms with van der Waals surface area (Å²) in [7, 11) is -3.76. The molecule has 0 bridgehead atoms. The first-order chi connectivity index (χ1) is 7.39. The third-order valence-electron chi connectivity index (χ3n) is 2.29. The van der Waals surface area contributed by atoms with Gasteiger partial charge in [-0.1, -0.05) is 11.6 Å². The number of sulfonamides is 1. The lowest BCUT2D eigenvalue weighted by Gasteiger charge is -2.12. The molecule has 2 rings (SSSR count). The predicted molar refractivity (Wildman–Crippen MR) is 67.2 cm³/mol. The number of nitrogens with one attached hydrogen (secondary N) is 1. The van der Waals surface area contributed by atoms with Crippen molar-refractivity contribution in [1.82, 2.24) is 0 Å². The van der Waals surface area contributed by atoms with Gasteiger partial charge in [0.2, 0.25) is 10.0 Å². The largest absolute Gasteiger partial charge is 0.380 e. The zero-order valence-corrected chi connectivity index (χ0v) is 11.4. The smallest absolute Gasteiger partial charge is 0.240 e. The Morgan fingerprint density at radius 1 is 1.44 bits per heavy atom. The van der Waals surface area contributed by atoms with Crippen molar-refractivity contribution in [3.63, 3.8) is 0 Å². The van der Waals surface area contributed by atoms with E-state index >= 15 is 0 Å². The second-order valence-corrected chi connectivity index (χ2v) is 6.46. The molecule has 0 aromatic heterocycles. The third-order valence-corrected chi connectivity index (χ3v) is 4.52. The molecule has 7 heteroatoms. The van der Waals surface area contributed by atoms with Crippen molar-refractivity contribution in [3.8, 4) is 0 Å². The maximum atomic E-state index is 11.4. The highest BCUT2D eigenvalue weighted by molar-refractivity contribution is 9.10. The second-order valence-electron chi connectivity index (χ2n) is 3.70. The minimum Gasteiger partial charge on any atom is -0.380 e. The average Bonchev–Trinajstić information content (AvgIpc) is 2.95. The van der Waals surface area contributed by atoms with Crippen LogP contribution in [0.2, 0.25) is 5.02 Å². The van der Waals surface area contributed by atoms with Gasteiger partial charge in [0, 0.05) is 10.5 Å². The molecule has 1 aromatic carbocycles. The van der Waals surface area contributed by atoms with Gasteiger partial charge in [-0.25, -0.2) is 13.6 Å². The van der Waals surface area contributed by atoms with Gasteiger partial charge in [0.1, 0.15) is 4.90 Å². The van der Waals surface area contributed by atoms with Crippen molar-refractivity contribution >= 4 is 43.2 Å². The predicted octanol–water partition coefficient (Wildman–Crippen LogP) is 2.32. The molecule has 0 amide bonds. The van der Waals surface area contributed by atoms with Gasteiger partial charge in [0.05, 0.1) is 10.7 Å². The van der Waals surface area contributed by atoms with Crippen LogP contribution in [0.5, 0.6) is 0 Å². The molecule has 16 heavy (non-hydrogen) atoms. The first-order valence-electron chi connectivity index (χ1n) is 4.67. The van der Waals surface area contributed by atoms with Crippen LogP contribution in [0.15, 0.2) is 21.5 Å². The van der Waals surface area contributed by atoms with Crippen molar-refractivity contribution in [2.45, 2.75) is 23.8 Å². The minimum absolute atomic E-state index is 0.0348. The van der Waals surface area contributed by atoms with Gasteiger partial charge in [-0.2, -0.15) is 0 Å². The molecule has 1 aliphatic carbocycles. The number of halogens is 2. The summed E-state index contributed by atoms with van der Waals surface area (Å²) in [5, 5.41) is 8.56. The molecular weight excluding hydrogens is 316 g/mol. The molecule has 0 atom stereocenters. The van der Waals surface area contributed by atoms with Crippen LogP contribution >= 0.6 is 27.5 Å². The van der Waals surface area contributed by atoms with E-state index in [0.29, 0.717) is 21.2 Å². The first-order valence-corrected chi connectivity index (χ1v) is 7.38. The van der Waals surface area contributed by atoms with E-state index in [4.69, 9.17) is 16.7 Å². The van der Waals surface area contributed by atoms with Crippen molar-refractivity contribution in [3.05, 3.63) is 21.6 Å². The van der Waals surface area contributed by atoms with E-state index in [-0.39, 0.29) is 4.90 Å². The van der Waals surface area contributed by atoms with Crippen molar-refractivity contribution in [2.75, 3.05) is 5.32 Å². The van der Waals surface area contributed by atoms with Gasteiger partial charge < -0.3 is 5.32 Å². The maximum Gasteiger partial charge on any atom is 0.240 e. The molecular formula is C9H10BrClN2O2S. The number of anilines is 1. The van der Waals surface area contributed by atoms with Crippen LogP contribution in [0.25, 0.3) is 0 Å². The Labute approximate surface area is 107 Å². The van der Waals surface area contributed by atoms with Gasteiger partial charge >= 0.3 is 0 Å². The summed E-state index contributed by atoms with van der Waals surface area (Å²) in [5.41, 5.74) is 0.390. The first kappa shape index (κ1) is 12.2. The topological polar surface area (TPSA) is 72.2 Å². The molecule has 0 aliphatic heterocycles. The van der Waals surface area contributed by atoms with Crippen LogP contribution in [-0.4, -0.2) is 14.5 Å². The van der Waals surface area contributed by atoms with E-state index in [1.165, 1.54) is 6.07 Å². The number of nitrogens with two attached hydrogens (primary N) is 1. The van der Waals surface area contributed by atoms with Crippen LogP contribution < -0.4 is 10.5 Å². The highest BCUT2D eigenvalue weighted by Crippen LogP contribution is 2.38. The summed E-state index contributed by atoms with van der Waals surface area (Å²) < 4.78 is 23.4. The molecule has 88 valence electrons. The van der Waals surface area contributed by atoms with Crippen LogP contribution in [0.1, 0.15) is 12.8 Å². The fraction of sp³-hybridized carbons (Fsp3) is 0.333. The Morgan fingerprint density at radius 3 is 2.56 bits per heavy atom. The summed E-state index contributed by atoms with van der Waals surface area (Å²) in [4.78, 5) is 0.0348. The summed E-state index contributed by atoms with van der Waals surface area (Å²) in [5.74, 6) is 0. The van der Waals surface area contributed by atoms with E-state index < -0.39 is 10.0 Å². The van der Waals surface area contributed by atoms with E-state index in [1.54, 1.807) is 6.07 Å². The molecule has 4 nitrogen and oxygen atoms in total. The van der Waals surface area contributed by atoms with Gasteiger partial charge in [-0.15, -0.1) is 0 Å².